The number of aromatic amines is 2. The predicted octanol–water partition coefficient (Wildman–Crippen LogP) is 4.96. The Morgan fingerprint density at radius 1 is 0.550 bits per heavy atom. The number of nitrogens with one attached hydrogen (secondary N) is 2. The Balaban J connectivity index is 2.24. The third kappa shape index (κ3) is 1.14. The number of benzene rings is 3. The smallest absolute Gasteiger partial charge is 0.0646 e. The standard InChI is InChI=1S/C18H12N2/c1-3-7-13-11(5-1)17-15(19-13)9-10-16-18(17)12-6-2-4-8-14(12)20-16/h1-10,19-20H/i1D,2D,3D,4D,5D,6D,7D,8D,9D,10D. The molecule has 0 radical (unpaired) electrons. The van der Waals surface area contributed by atoms with Gasteiger partial charge in [-0.1, -0.05) is 36.3 Å². The fourth-order valence-corrected chi connectivity index (χ4v) is 2.62. The molecule has 0 fully saturated rings. The zero-order chi connectivity index (χ0) is 21.8. The van der Waals surface area contributed by atoms with Crippen LogP contribution in [-0.2, 0) is 0 Å². The molecular weight excluding hydrogens is 244 g/mol. The second-order valence-electron chi connectivity index (χ2n) is 4.50. The summed E-state index contributed by atoms with van der Waals surface area (Å²) in [5, 5.41) is 0.680. The Kier molecular flexibility index (Phi) is 0.799. The van der Waals surface area contributed by atoms with Crippen molar-refractivity contribution in [3.8, 4) is 0 Å². The maximum atomic E-state index is 8.39. The monoisotopic (exact) mass is 266 g/mol. The lowest BCUT2D eigenvalue weighted by Gasteiger charge is -1.96. The second-order valence-corrected chi connectivity index (χ2v) is 4.50. The highest BCUT2D eigenvalue weighted by atomic mass is 14.7. The minimum Gasteiger partial charge on any atom is -0.354 e. The highest BCUT2D eigenvalue weighted by molar-refractivity contribution is 6.27. The van der Waals surface area contributed by atoms with Crippen LogP contribution in [-0.4, -0.2) is 9.97 Å². The summed E-state index contributed by atoms with van der Waals surface area (Å²) in [5.74, 6) is 0. The van der Waals surface area contributed by atoms with Crippen molar-refractivity contribution in [1.82, 2.24) is 9.97 Å². The van der Waals surface area contributed by atoms with Gasteiger partial charge in [0.2, 0.25) is 0 Å². The van der Waals surface area contributed by atoms with E-state index in [0.29, 0.717) is 0 Å². The van der Waals surface area contributed by atoms with E-state index in [1.54, 1.807) is 0 Å². The van der Waals surface area contributed by atoms with Gasteiger partial charge < -0.3 is 9.97 Å². The lowest BCUT2D eigenvalue weighted by molar-refractivity contribution is 1.53. The van der Waals surface area contributed by atoms with E-state index in [1.807, 2.05) is 0 Å². The van der Waals surface area contributed by atoms with E-state index in [-0.39, 0.29) is 79.9 Å². The van der Waals surface area contributed by atoms with Crippen LogP contribution in [0.15, 0.2) is 60.4 Å². The average molecular weight is 266 g/mol. The van der Waals surface area contributed by atoms with Crippen LogP contribution >= 0.6 is 0 Å². The lowest BCUT2D eigenvalue weighted by Crippen LogP contribution is -1.71. The first-order valence-corrected chi connectivity index (χ1v) is 6.00. The van der Waals surface area contributed by atoms with E-state index in [1.165, 1.54) is 0 Å². The number of rotatable bonds is 0. The highest BCUT2D eigenvalue weighted by Gasteiger charge is 2.11. The molecule has 0 unspecified atom stereocenters. The van der Waals surface area contributed by atoms with Gasteiger partial charge in [-0.25, -0.2) is 0 Å². The number of aromatic nitrogens is 2. The second kappa shape index (κ2) is 3.42. The normalized spacial score (nSPS) is 19.0. The first-order chi connectivity index (χ1) is 14.1. The van der Waals surface area contributed by atoms with Crippen LogP contribution in [0.3, 0.4) is 0 Å². The quantitative estimate of drug-likeness (QED) is 0.397. The molecule has 2 heterocycles. The maximum absolute atomic E-state index is 8.39. The summed E-state index contributed by atoms with van der Waals surface area (Å²) >= 11 is 0. The number of hydrogen-bond acceptors (Lipinski definition) is 0. The Hall–Kier alpha value is -2.74. The summed E-state index contributed by atoms with van der Waals surface area (Å²) < 4.78 is 81.8. The van der Waals surface area contributed by atoms with E-state index in [0.717, 1.165) is 0 Å². The first kappa shape index (κ1) is 4.67. The molecule has 0 saturated heterocycles. The van der Waals surface area contributed by atoms with Gasteiger partial charge >= 0.3 is 0 Å². The molecule has 5 aromatic rings. The number of para-hydroxylation sites is 2. The molecule has 0 aliphatic rings. The molecule has 0 aliphatic carbocycles. The first-order valence-electron chi connectivity index (χ1n) is 11.0. The Morgan fingerprint density at radius 3 is 1.50 bits per heavy atom. The van der Waals surface area contributed by atoms with Crippen LogP contribution in [0.25, 0.3) is 43.6 Å². The molecule has 2 nitrogen and oxygen atoms in total. The molecule has 2 heteroatoms. The van der Waals surface area contributed by atoms with Gasteiger partial charge in [0.15, 0.2) is 0 Å². The van der Waals surface area contributed by atoms with Crippen LogP contribution in [0, 0.1) is 0 Å². The van der Waals surface area contributed by atoms with E-state index >= 15 is 0 Å². The molecule has 94 valence electrons. The SMILES string of the molecule is [2H]c1c([2H])c([2H])c2c([nH]c3c([2H])c([2H])c4[nH]c5c([2H])c([2H])c([2H])c([2H])c5c4c32)c1[2H]. The van der Waals surface area contributed by atoms with Gasteiger partial charge in [-0.05, 0) is 24.2 Å². The lowest BCUT2D eigenvalue weighted by atomic mass is 10.1. The highest BCUT2D eigenvalue weighted by Crippen LogP contribution is 2.36. The molecule has 2 aromatic heterocycles. The van der Waals surface area contributed by atoms with Crippen molar-refractivity contribution < 1.29 is 13.7 Å². The number of H-pyrrole nitrogens is 2. The Morgan fingerprint density at radius 2 is 1.00 bits per heavy atom. The maximum Gasteiger partial charge on any atom is 0.0646 e. The third-order valence-corrected chi connectivity index (χ3v) is 3.44. The van der Waals surface area contributed by atoms with Gasteiger partial charge in [-0.3, -0.25) is 0 Å². The van der Waals surface area contributed by atoms with Crippen molar-refractivity contribution in [2.75, 3.05) is 0 Å². The molecule has 20 heavy (non-hydrogen) atoms. The van der Waals surface area contributed by atoms with Crippen molar-refractivity contribution in [3.05, 3.63) is 60.4 Å². The van der Waals surface area contributed by atoms with Gasteiger partial charge in [-0.2, -0.15) is 0 Å². The molecule has 0 aliphatic heterocycles. The van der Waals surface area contributed by atoms with Gasteiger partial charge in [-0.15, -0.1) is 0 Å². The zero-order valence-corrected chi connectivity index (χ0v) is 10.0. The fraction of sp³-hybridized carbons (Fsp3) is 0. The van der Waals surface area contributed by atoms with E-state index in [9.17, 15) is 0 Å². The molecule has 0 spiro atoms. The molecule has 5 rings (SSSR count). The number of fused-ring (bicyclic) bond motifs is 7. The summed E-state index contributed by atoms with van der Waals surface area (Å²) in [4.78, 5) is 5.69. The fourth-order valence-electron chi connectivity index (χ4n) is 2.62. The van der Waals surface area contributed by atoms with Crippen LogP contribution < -0.4 is 0 Å². The van der Waals surface area contributed by atoms with Gasteiger partial charge in [0.25, 0.3) is 0 Å². The summed E-state index contributed by atoms with van der Waals surface area (Å²) in [7, 11) is 0. The van der Waals surface area contributed by atoms with Crippen LogP contribution in [0.4, 0.5) is 0 Å². The van der Waals surface area contributed by atoms with E-state index in [4.69, 9.17) is 13.7 Å². The van der Waals surface area contributed by atoms with Crippen molar-refractivity contribution in [3.63, 3.8) is 0 Å². The van der Waals surface area contributed by atoms with Gasteiger partial charge in [0, 0.05) is 43.6 Å². The molecule has 0 atom stereocenters. The van der Waals surface area contributed by atoms with Crippen molar-refractivity contribution in [1.29, 1.82) is 0 Å². The predicted molar refractivity (Wildman–Crippen MR) is 85.2 cm³/mol. The Bertz CT molecular complexity index is 1480. The van der Waals surface area contributed by atoms with E-state index < -0.39 is 24.2 Å². The molecule has 2 N–H and O–H groups in total. The van der Waals surface area contributed by atoms with Crippen LogP contribution in [0.2, 0.25) is 0 Å². The molecule has 0 saturated carbocycles. The summed E-state index contributed by atoms with van der Waals surface area (Å²) in [6, 6.07) is -3.56. The molecule has 3 aromatic carbocycles. The molecule has 0 bridgehead atoms. The van der Waals surface area contributed by atoms with Gasteiger partial charge in [0.05, 0.1) is 13.7 Å². The van der Waals surface area contributed by atoms with Crippen molar-refractivity contribution in [2.24, 2.45) is 0 Å². The average Bonchev–Trinajstić information content (AvgIpc) is 3.31. The third-order valence-electron chi connectivity index (χ3n) is 3.44. The Labute approximate surface area is 129 Å². The summed E-state index contributed by atoms with van der Waals surface area (Å²) in [6.07, 6.45) is 0. The minimum absolute atomic E-state index is 0.0755. The molecular formula is C18H12N2. The summed E-state index contributed by atoms with van der Waals surface area (Å²) in [5.41, 5.74) is 0.379. The number of hydrogen-bond donors (Lipinski definition) is 2. The topological polar surface area (TPSA) is 31.6 Å². The van der Waals surface area contributed by atoms with Gasteiger partial charge in [0.1, 0.15) is 0 Å². The van der Waals surface area contributed by atoms with Crippen LogP contribution in [0.1, 0.15) is 13.7 Å². The van der Waals surface area contributed by atoms with E-state index in [2.05, 4.69) is 9.97 Å². The molecule has 0 amide bonds. The largest absolute Gasteiger partial charge is 0.354 e. The van der Waals surface area contributed by atoms with Crippen LogP contribution in [0.5, 0.6) is 0 Å². The van der Waals surface area contributed by atoms with Crippen molar-refractivity contribution >= 4 is 43.6 Å². The summed E-state index contributed by atoms with van der Waals surface area (Å²) in [6.45, 7) is 0. The minimum atomic E-state index is -0.454. The van der Waals surface area contributed by atoms with Crippen molar-refractivity contribution in [2.45, 2.75) is 0 Å². The zero-order valence-electron chi connectivity index (χ0n) is 20.0.